The quantitative estimate of drug-likeness (QED) is 0.887. The van der Waals surface area contributed by atoms with Gasteiger partial charge in [0.2, 0.25) is 5.91 Å². The molecule has 0 fully saturated rings. The van der Waals surface area contributed by atoms with E-state index in [9.17, 15) is 4.79 Å². The summed E-state index contributed by atoms with van der Waals surface area (Å²) < 4.78 is 0. The summed E-state index contributed by atoms with van der Waals surface area (Å²) in [5.74, 6) is 0.297. The highest BCUT2D eigenvalue weighted by atomic mass is 16.2. The predicted octanol–water partition coefficient (Wildman–Crippen LogP) is 1.29. The van der Waals surface area contributed by atoms with Crippen LogP contribution in [0.4, 0.5) is 5.69 Å². The molecule has 0 aliphatic carbocycles. The number of carbonyl (C=O) groups excluding carboxylic acids is 1. The Balaban J connectivity index is 1.95. The van der Waals surface area contributed by atoms with Crippen molar-refractivity contribution >= 4 is 11.6 Å². The molecule has 0 saturated heterocycles. The molecule has 1 amide bonds. The number of hydrogen-bond acceptors (Lipinski definition) is 3. The largest absolute Gasteiger partial charge is 0.384 e. The second kappa shape index (κ2) is 6.06. The first-order valence-electron chi connectivity index (χ1n) is 6.79. The Morgan fingerprint density at radius 2 is 2.00 bits per heavy atom. The fraction of sp³-hybridized carbons (Fsp3) is 0.533. The van der Waals surface area contributed by atoms with Gasteiger partial charge in [-0.3, -0.25) is 4.79 Å². The van der Waals surface area contributed by atoms with E-state index in [2.05, 4.69) is 22.3 Å². The van der Waals surface area contributed by atoms with Gasteiger partial charge in [0.15, 0.2) is 0 Å². The van der Waals surface area contributed by atoms with Crippen molar-refractivity contribution < 1.29 is 4.79 Å². The van der Waals surface area contributed by atoms with Crippen LogP contribution < -0.4 is 5.32 Å². The van der Waals surface area contributed by atoms with E-state index in [1.54, 1.807) is 0 Å². The molecule has 4 heteroatoms. The molecule has 1 aliphatic rings. The van der Waals surface area contributed by atoms with Gasteiger partial charge in [0.25, 0.3) is 0 Å². The highest BCUT2D eigenvalue weighted by Gasteiger charge is 2.26. The number of anilines is 1. The zero-order valence-electron chi connectivity index (χ0n) is 12.0. The number of likely N-dealkylation sites (N-methyl/N-ethyl adjacent to an activating group) is 2. The molecule has 0 spiro atoms. The average Bonchev–Trinajstić information content (AvgIpc) is 2.43. The van der Waals surface area contributed by atoms with Crippen molar-refractivity contribution in [3.8, 4) is 0 Å². The maximum atomic E-state index is 12.4. The lowest BCUT2D eigenvalue weighted by molar-refractivity contribution is -0.133. The van der Waals surface area contributed by atoms with E-state index < -0.39 is 0 Å². The topological polar surface area (TPSA) is 35.6 Å². The maximum Gasteiger partial charge on any atom is 0.227 e. The van der Waals surface area contributed by atoms with Crippen LogP contribution in [0.25, 0.3) is 0 Å². The van der Waals surface area contributed by atoms with Gasteiger partial charge in [-0.25, -0.2) is 0 Å². The Hall–Kier alpha value is -1.55. The minimum atomic E-state index is 0.0575. The van der Waals surface area contributed by atoms with Crippen molar-refractivity contribution in [1.82, 2.24) is 9.80 Å². The summed E-state index contributed by atoms with van der Waals surface area (Å²) in [4.78, 5) is 16.3. The van der Waals surface area contributed by atoms with Crippen LogP contribution in [0.3, 0.4) is 0 Å². The fourth-order valence-electron chi connectivity index (χ4n) is 2.39. The number of benzene rings is 1. The summed E-state index contributed by atoms with van der Waals surface area (Å²) in [6, 6.07) is 8.23. The summed E-state index contributed by atoms with van der Waals surface area (Å²) in [6.07, 6.45) is 0.842. The van der Waals surface area contributed by atoms with Crippen LogP contribution in [0.5, 0.6) is 0 Å². The Bertz CT molecular complexity index is 445. The van der Waals surface area contributed by atoms with E-state index in [0.29, 0.717) is 0 Å². The van der Waals surface area contributed by atoms with Gasteiger partial charge in [-0.2, -0.15) is 0 Å². The van der Waals surface area contributed by atoms with Crippen molar-refractivity contribution in [3.63, 3.8) is 0 Å². The van der Waals surface area contributed by atoms with Crippen LogP contribution in [0, 0.1) is 5.92 Å². The summed E-state index contributed by atoms with van der Waals surface area (Å²) in [5.41, 5.74) is 2.41. The van der Waals surface area contributed by atoms with Crippen LogP contribution in [0.15, 0.2) is 24.3 Å². The summed E-state index contributed by atoms with van der Waals surface area (Å²) in [6.45, 7) is 2.42. The zero-order valence-corrected chi connectivity index (χ0v) is 12.0. The van der Waals surface area contributed by atoms with Gasteiger partial charge in [0, 0.05) is 32.4 Å². The van der Waals surface area contributed by atoms with Gasteiger partial charge in [0.05, 0.1) is 5.92 Å². The molecule has 0 radical (unpaired) electrons. The highest BCUT2D eigenvalue weighted by molar-refractivity contribution is 5.80. The smallest absolute Gasteiger partial charge is 0.227 e. The molecule has 1 aromatic rings. The third kappa shape index (κ3) is 3.47. The molecule has 4 nitrogen and oxygen atoms in total. The van der Waals surface area contributed by atoms with Crippen LogP contribution in [-0.4, -0.2) is 56.5 Å². The van der Waals surface area contributed by atoms with Gasteiger partial charge in [0.1, 0.15) is 0 Å². The number of carbonyl (C=O) groups is 1. The molecule has 1 aliphatic heterocycles. The Kier molecular flexibility index (Phi) is 4.43. The molecule has 0 aromatic heterocycles. The first-order chi connectivity index (χ1) is 9.08. The van der Waals surface area contributed by atoms with Crippen molar-refractivity contribution in [2.75, 3.05) is 46.1 Å². The first kappa shape index (κ1) is 13.9. The molecule has 1 aromatic carbocycles. The van der Waals surface area contributed by atoms with Crippen molar-refractivity contribution in [2.45, 2.75) is 6.42 Å². The van der Waals surface area contributed by atoms with Gasteiger partial charge < -0.3 is 15.1 Å². The number of para-hydroxylation sites is 1. The third-order valence-electron chi connectivity index (χ3n) is 3.63. The van der Waals surface area contributed by atoms with E-state index in [1.807, 2.05) is 38.2 Å². The molecule has 2 rings (SSSR count). The van der Waals surface area contributed by atoms with Crippen LogP contribution in [0.1, 0.15) is 5.56 Å². The van der Waals surface area contributed by atoms with E-state index in [4.69, 9.17) is 0 Å². The lowest BCUT2D eigenvalue weighted by Crippen LogP contribution is -2.41. The number of nitrogens with one attached hydrogen (secondary N) is 1. The monoisotopic (exact) mass is 261 g/mol. The van der Waals surface area contributed by atoms with Gasteiger partial charge >= 0.3 is 0 Å². The second-order valence-electron chi connectivity index (χ2n) is 5.50. The van der Waals surface area contributed by atoms with Gasteiger partial charge in [-0.1, -0.05) is 18.2 Å². The first-order valence-corrected chi connectivity index (χ1v) is 6.79. The number of amides is 1. The molecule has 0 bridgehead atoms. The van der Waals surface area contributed by atoms with E-state index in [0.717, 1.165) is 26.1 Å². The molecule has 1 heterocycles. The number of rotatable bonds is 4. The second-order valence-corrected chi connectivity index (χ2v) is 5.50. The molecule has 1 atom stereocenters. The minimum Gasteiger partial charge on any atom is -0.384 e. The van der Waals surface area contributed by atoms with Gasteiger partial charge in [-0.15, -0.1) is 0 Å². The fourth-order valence-corrected chi connectivity index (χ4v) is 2.39. The lowest BCUT2D eigenvalue weighted by atomic mass is 9.93. The number of hydrogen-bond donors (Lipinski definition) is 1. The van der Waals surface area contributed by atoms with E-state index >= 15 is 0 Å². The molecule has 104 valence electrons. The van der Waals surface area contributed by atoms with E-state index in [-0.39, 0.29) is 11.8 Å². The Morgan fingerprint density at radius 3 is 2.74 bits per heavy atom. The predicted molar refractivity (Wildman–Crippen MR) is 78.3 cm³/mol. The highest BCUT2D eigenvalue weighted by Crippen LogP contribution is 2.25. The van der Waals surface area contributed by atoms with Crippen LogP contribution in [0.2, 0.25) is 0 Å². The summed E-state index contributed by atoms with van der Waals surface area (Å²) in [7, 11) is 5.94. The number of nitrogens with zero attached hydrogens (tertiary/aromatic N) is 2. The van der Waals surface area contributed by atoms with Gasteiger partial charge in [-0.05, 0) is 32.1 Å². The zero-order chi connectivity index (χ0) is 13.8. The normalized spacial score (nSPS) is 17.8. The Morgan fingerprint density at radius 1 is 1.26 bits per heavy atom. The standard InChI is InChI=1S/C15H23N3O/c1-17(2)8-9-18(3)15(19)13-10-12-6-4-5-7-14(12)16-11-13/h4-7,13,16H,8-11H2,1-3H3. The van der Waals surface area contributed by atoms with Crippen molar-refractivity contribution in [1.29, 1.82) is 0 Å². The summed E-state index contributed by atoms with van der Waals surface area (Å²) >= 11 is 0. The molecule has 1 unspecified atom stereocenters. The van der Waals surface area contributed by atoms with Crippen molar-refractivity contribution in [2.24, 2.45) is 5.92 Å². The minimum absolute atomic E-state index is 0.0575. The molecular weight excluding hydrogens is 238 g/mol. The third-order valence-corrected chi connectivity index (χ3v) is 3.63. The SMILES string of the molecule is CN(C)CCN(C)C(=O)C1CNc2ccccc2C1. The molecular formula is C15H23N3O. The van der Waals surface area contributed by atoms with E-state index in [1.165, 1.54) is 11.3 Å². The molecule has 0 saturated carbocycles. The molecule has 19 heavy (non-hydrogen) atoms. The average molecular weight is 261 g/mol. The lowest BCUT2D eigenvalue weighted by Gasteiger charge is -2.29. The van der Waals surface area contributed by atoms with Crippen molar-refractivity contribution in [3.05, 3.63) is 29.8 Å². The summed E-state index contributed by atoms with van der Waals surface area (Å²) in [5, 5.41) is 3.36. The Labute approximate surface area is 115 Å². The van der Waals surface area contributed by atoms with Crippen LogP contribution in [-0.2, 0) is 11.2 Å². The maximum absolute atomic E-state index is 12.4. The molecule has 1 N–H and O–H groups in total. The number of fused-ring (bicyclic) bond motifs is 1. The van der Waals surface area contributed by atoms with Crippen LogP contribution >= 0.6 is 0 Å².